The van der Waals surface area contributed by atoms with E-state index in [1.165, 1.54) is 122 Å². The molecule has 0 radical (unpaired) electrons. The van der Waals surface area contributed by atoms with E-state index < -0.39 is 34.8 Å². The van der Waals surface area contributed by atoms with Crippen LogP contribution >= 0.6 is 0 Å². The molecule has 0 amide bonds. The number of halogens is 5. The summed E-state index contributed by atoms with van der Waals surface area (Å²) in [6.45, 7) is 3.48. The second kappa shape index (κ2) is 21.7. The zero-order valence-corrected chi connectivity index (χ0v) is 23.1. The summed E-state index contributed by atoms with van der Waals surface area (Å²) in [5, 5.41) is 10.2. The number of hydrogen-bond acceptors (Lipinski definition) is 1. The Labute approximate surface area is 226 Å². The summed E-state index contributed by atoms with van der Waals surface area (Å²) in [6, 6.07) is 6.33. The van der Waals surface area contributed by atoms with E-state index in [2.05, 4.69) is 42.1 Å². The van der Waals surface area contributed by atoms with Gasteiger partial charge in [-0.2, -0.15) is 0 Å². The van der Waals surface area contributed by atoms with Crippen LogP contribution in [0.25, 0.3) is 0 Å². The van der Waals surface area contributed by atoms with E-state index in [1.54, 1.807) is 0 Å². The lowest BCUT2D eigenvalue weighted by atomic mass is 10.0. The number of pyridine rings is 1. The fourth-order valence-electron chi connectivity index (χ4n) is 4.36. The summed E-state index contributed by atoms with van der Waals surface area (Å²) in [6.07, 6.45) is 30.4. The van der Waals surface area contributed by atoms with Gasteiger partial charge in [-0.05, 0) is 12.2 Å². The Kier molecular flexibility index (Phi) is 19.3. The first-order valence-electron chi connectivity index (χ1n) is 14.5. The van der Waals surface area contributed by atoms with E-state index >= 15 is 0 Å². The van der Waals surface area contributed by atoms with E-state index in [4.69, 9.17) is 0 Å². The molecule has 0 spiro atoms. The van der Waals surface area contributed by atoms with Gasteiger partial charge in [-0.25, -0.2) is 26.5 Å². The van der Waals surface area contributed by atoms with Crippen LogP contribution in [0.4, 0.5) is 22.0 Å². The van der Waals surface area contributed by atoms with Crippen LogP contribution in [0.1, 0.15) is 122 Å². The van der Waals surface area contributed by atoms with Gasteiger partial charge < -0.3 is 5.11 Å². The average Bonchev–Trinajstić information content (AvgIpc) is 2.94. The van der Waals surface area contributed by atoms with E-state index in [1.807, 2.05) is 0 Å². The number of rotatable bonds is 19. The molecule has 0 saturated carbocycles. The van der Waals surface area contributed by atoms with Crippen LogP contribution in [0.5, 0.6) is 5.75 Å². The Morgan fingerprint density at radius 3 is 1.16 bits per heavy atom. The third-order valence-electron chi connectivity index (χ3n) is 6.72. The lowest BCUT2D eigenvalue weighted by Crippen LogP contribution is -2.32. The summed E-state index contributed by atoms with van der Waals surface area (Å²) >= 11 is 0. The highest BCUT2D eigenvalue weighted by molar-refractivity contribution is 5.26. The number of nitrogens with zero attached hydrogens (tertiary/aromatic N) is 1. The first-order chi connectivity index (χ1) is 18.4. The molecule has 0 N–H and O–H groups in total. The fourth-order valence-corrected chi connectivity index (χ4v) is 4.36. The molecule has 2 nitrogen and oxygen atoms in total. The van der Waals surface area contributed by atoms with Gasteiger partial charge in [0.15, 0.2) is 41.5 Å². The van der Waals surface area contributed by atoms with Crippen LogP contribution in [0.2, 0.25) is 0 Å². The van der Waals surface area contributed by atoms with Gasteiger partial charge in [0.25, 0.3) is 0 Å². The number of benzene rings is 1. The molecule has 1 heterocycles. The predicted octanol–water partition coefficient (Wildman–Crippen LogP) is 9.47. The molecule has 0 aliphatic heterocycles. The largest absolute Gasteiger partial charge is 0.868 e. The van der Waals surface area contributed by atoms with E-state index in [0.29, 0.717) is 0 Å². The summed E-state index contributed by atoms with van der Waals surface area (Å²) in [4.78, 5) is 0. The van der Waals surface area contributed by atoms with E-state index in [-0.39, 0.29) is 0 Å². The maximum Gasteiger partial charge on any atom is 0.200 e. The number of aryl methyl sites for hydroxylation is 1. The maximum atomic E-state index is 12.1. The molecule has 0 fully saturated rings. The highest BCUT2D eigenvalue weighted by Crippen LogP contribution is 2.25. The van der Waals surface area contributed by atoms with Crippen LogP contribution in [0.15, 0.2) is 30.6 Å². The van der Waals surface area contributed by atoms with Gasteiger partial charge in [0.1, 0.15) is 6.54 Å². The van der Waals surface area contributed by atoms with Gasteiger partial charge in [-0.3, -0.25) is 0 Å². The molecular formula is C31H46F5NO. The first-order valence-corrected chi connectivity index (χ1v) is 14.5. The number of hydrogen-bond donors (Lipinski definition) is 0. The van der Waals surface area contributed by atoms with Crippen LogP contribution in [-0.4, -0.2) is 0 Å². The summed E-state index contributed by atoms with van der Waals surface area (Å²) in [5.41, 5.74) is 0. The third kappa shape index (κ3) is 14.7. The minimum Gasteiger partial charge on any atom is -0.868 e. The minimum absolute atomic E-state index is 1.18. The molecule has 0 saturated heterocycles. The first kappa shape index (κ1) is 33.8. The zero-order valence-electron chi connectivity index (χ0n) is 23.1. The third-order valence-corrected chi connectivity index (χ3v) is 6.72. The van der Waals surface area contributed by atoms with E-state index in [0.717, 1.165) is 0 Å². The second-order valence-electron chi connectivity index (χ2n) is 10.0. The Balaban J connectivity index is 0.000000499. The van der Waals surface area contributed by atoms with Crippen molar-refractivity contribution in [1.82, 2.24) is 0 Å². The molecule has 0 atom stereocenters. The number of aromatic nitrogens is 1. The van der Waals surface area contributed by atoms with Gasteiger partial charge in [0.2, 0.25) is 0 Å². The second-order valence-corrected chi connectivity index (χ2v) is 10.0. The smallest absolute Gasteiger partial charge is 0.200 e. The summed E-state index contributed by atoms with van der Waals surface area (Å²) in [7, 11) is 0. The molecule has 216 valence electrons. The minimum atomic E-state index is -2.33. The summed E-state index contributed by atoms with van der Waals surface area (Å²) in [5.74, 6) is -13.6. The Bertz CT molecular complexity index is 758. The fraction of sp³-hybridized carbons (Fsp3) is 0.645. The molecule has 7 heteroatoms. The van der Waals surface area contributed by atoms with Crippen molar-refractivity contribution in [3.63, 3.8) is 0 Å². The van der Waals surface area contributed by atoms with Crippen molar-refractivity contribution >= 4 is 0 Å². The van der Waals surface area contributed by atoms with Crippen molar-refractivity contribution < 1.29 is 31.6 Å². The monoisotopic (exact) mass is 543 g/mol. The van der Waals surface area contributed by atoms with Crippen molar-refractivity contribution in [2.24, 2.45) is 0 Å². The van der Waals surface area contributed by atoms with Crippen LogP contribution < -0.4 is 9.67 Å². The van der Waals surface area contributed by atoms with Crippen molar-refractivity contribution in [3.05, 3.63) is 59.7 Å². The normalized spacial score (nSPS) is 10.9. The molecule has 2 rings (SSSR count). The van der Waals surface area contributed by atoms with Gasteiger partial charge in [0.05, 0.1) is 0 Å². The van der Waals surface area contributed by atoms with Crippen molar-refractivity contribution in [3.8, 4) is 5.75 Å². The Hall–Kier alpha value is -2.18. The predicted molar refractivity (Wildman–Crippen MR) is 141 cm³/mol. The maximum absolute atomic E-state index is 12.1. The number of unbranched alkanes of at least 4 members (excludes halogenated alkanes) is 17. The van der Waals surface area contributed by atoms with Crippen molar-refractivity contribution in [2.45, 2.75) is 129 Å². The molecule has 0 aliphatic carbocycles. The van der Waals surface area contributed by atoms with Crippen LogP contribution in [0.3, 0.4) is 0 Å². The van der Waals surface area contributed by atoms with Gasteiger partial charge >= 0.3 is 0 Å². The molecule has 0 bridgehead atoms. The average molecular weight is 544 g/mol. The molecule has 0 aliphatic rings. The molecule has 1 aromatic heterocycles. The van der Waals surface area contributed by atoms with Crippen molar-refractivity contribution in [1.29, 1.82) is 0 Å². The van der Waals surface area contributed by atoms with E-state index in [9.17, 15) is 27.1 Å². The quantitative estimate of drug-likeness (QED) is 0.0570. The Morgan fingerprint density at radius 1 is 0.474 bits per heavy atom. The summed E-state index contributed by atoms with van der Waals surface area (Å²) < 4.78 is 62.7. The molecule has 0 unspecified atom stereocenters. The highest BCUT2D eigenvalue weighted by atomic mass is 19.2. The highest BCUT2D eigenvalue weighted by Gasteiger charge is 2.20. The molecule has 38 heavy (non-hydrogen) atoms. The van der Waals surface area contributed by atoms with Crippen LogP contribution in [0, 0.1) is 29.1 Å². The van der Waals surface area contributed by atoms with Crippen LogP contribution in [-0.2, 0) is 6.54 Å². The molecule has 1 aromatic carbocycles. The van der Waals surface area contributed by atoms with Gasteiger partial charge in [-0.15, -0.1) is 0 Å². The molecular weight excluding hydrogens is 497 g/mol. The zero-order chi connectivity index (χ0) is 28.0. The Morgan fingerprint density at radius 2 is 0.789 bits per heavy atom. The lowest BCUT2D eigenvalue weighted by molar-refractivity contribution is -0.697. The topological polar surface area (TPSA) is 26.9 Å². The van der Waals surface area contributed by atoms with Gasteiger partial charge in [-0.1, -0.05) is 116 Å². The molecule has 2 aromatic rings. The van der Waals surface area contributed by atoms with Gasteiger partial charge in [0, 0.05) is 18.6 Å². The standard InChI is InChI=1S/C25H46N.C6HF5O/c1-2-3-4-5-6-7-8-9-10-11-12-13-14-15-16-17-18-20-23-26-24-21-19-22-25-26;7-1-2(8)4(10)6(12)5(11)3(1)9/h19,21-22,24-25H,2-18,20,23H2,1H3;12H/q+1;/p-1. The SMILES string of the molecule is CCCCCCCCCCCCCCCCCCCC[n+]1ccccc1.[O-]c1c(F)c(F)c(F)c(F)c1F. The lowest BCUT2D eigenvalue weighted by Gasteiger charge is -2.09. The van der Waals surface area contributed by atoms with Crippen molar-refractivity contribution in [2.75, 3.05) is 0 Å².